The molecule has 30 heavy (non-hydrogen) atoms. The summed E-state index contributed by atoms with van der Waals surface area (Å²) in [5.41, 5.74) is 2.22. The number of ether oxygens (including phenoxy) is 1. The molecular formula is C22H24N4O2S2. The number of fused-ring (bicyclic) bond motifs is 1. The maximum absolute atomic E-state index is 12.7. The highest BCUT2D eigenvalue weighted by Crippen LogP contribution is 2.31. The van der Waals surface area contributed by atoms with E-state index in [-0.39, 0.29) is 5.91 Å². The average molecular weight is 441 g/mol. The van der Waals surface area contributed by atoms with Crippen LogP contribution in [0.1, 0.15) is 39.0 Å². The molecule has 0 aliphatic carbocycles. The van der Waals surface area contributed by atoms with Gasteiger partial charge in [-0.05, 0) is 56.5 Å². The highest BCUT2D eigenvalue weighted by Gasteiger charge is 2.19. The number of carbonyl (C=O) groups excluding carboxylic acids is 1. The number of thiazole rings is 1. The van der Waals surface area contributed by atoms with Gasteiger partial charge in [-0.1, -0.05) is 36.9 Å². The van der Waals surface area contributed by atoms with Crippen molar-refractivity contribution in [2.24, 2.45) is 5.92 Å². The second-order valence-electron chi connectivity index (χ2n) is 7.20. The first kappa shape index (κ1) is 22.1. The number of nitriles is 1. The maximum atomic E-state index is 12.7. The summed E-state index contributed by atoms with van der Waals surface area (Å²) in [6, 6.07) is 11.5. The monoisotopic (exact) mass is 440 g/mol. The minimum Gasteiger partial charge on any atom is -0.494 e. The molecule has 3 aromatic rings. The number of benzene rings is 1. The molecule has 2 heterocycles. The molecule has 1 amide bonds. The van der Waals surface area contributed by atoms with Crippen molar-refractivity contribution >= 4 is 44.4 Å². The Hall–Kier alpha value is -2.63. The molecule has 0 aliphatic rings. The van der Waals surface area contributed by atoms with E-state index in [2.05, 4.69) is 35.2 Å². The molecule has 0 aliphatic heterocycles. The summed E-state index contributed by atoms with van der Waals surface area (Å²) in [6.45, 7) is 8.58. The molecule has 3 rings (SSSR count). The van der Waals surface area contributed by atoms with Crippen LogP contribution in [0.4, 0.5) is 5.13 Å². The number of pyridine rings is 1. The van der Waals surface area contributed by atoms with Crippen LogP contribution in [0.5, 0.6) is 5.75 Å². The van der Waals surface area contributed by atoms with E-state index >= 15 is 0 Å². The lowest BCUT2D eigenvalue weighted by Gasteiger charge is -2.12. The van der Waals surface area contributed by atoms with Crippen LogP contribution in [0.3, 0.4) is 0 Å². The van der Waals surface area contributed by atoms with Gasteiger partial charge >= 0.3 is 0 Å². The van der Waals surface area contributed by atoms with E-state index in [4.69, 9.17) is 4.74 Å². The number of hydrogen-bond acceptors (Lipinski definition) is 7. The molecule has 0 spiro atoms. The molecule has 1 aromatic carbocycles. The Morgan fingerprint density at radius 3 is 2.77 bits per heavy atom. The van der Waals surface area contributed by atoms with Gasteiger partial charge in [0.15, 0.2) is 5.13 Å². The SMILES string of the molecule is CCOc1ccc2nc(NC(=O)C(C)Sc3nc(CC(C)C)ccc3C#N)sc2c1. The Morgan fingerprint density at radius 2 is 2.07 bits per heavy atom. The Bertz CT molecular complexity index is 1090. The number of aromatic nitrogens is 2. The van der Waals surface area contributed by atoms with E-state index in [1.165, 1.54) is 23.1 Å². The van der Waals surface area contributed by atoms with E-state index in [0.717, 1.165) is 28.1 Å². The molecule has 156 valence electrons. The summed E-state index contributed by atoms with van der Waals surface area (Å²) in [7, 11) is 0. The van der Waals surface area contributed by atoms with Gasteiger partial charge in [0, 0.05) is 5.69 Å². The lowest BCUT2D eigenvalue weighted by Crippen LogP contribution is -2.22. The zero-order valence-corrected chi connectivity index (χ0v) is 19.1. The van der Waals surface area contributed by atoms with Gasteiger partial charge in [-0.25, -0.2) is 9.97 Å². The summed E-state index contributed by atoms with van der Waals surface area (Å²) in [4.78, 5) is 21.8. The highest BCUT2D eigenvalue weighted by atomic mass is 32.2. The number of anilines is 1. The van der Waals surface area contributed by atoms with E-state index in [1.807, 2.05) is 31.2 Å². The third-order valence-corrected chi connectivity index (χ3v) is 6.25. The standard InChI is InChI=1S/C22H24N4O2S2/c1-5-28-17-8-9-18-19(11-17)30-22(25-18)26-20(27)14(4)29-21-15(12-23)6-7-16(24-21)10-13(2)3/h6-9,11,13-14H,5,10H2,1-4H3,(H,25,26,27). The van der Waals surface area contributed by atoms with Crippen LogP contribution in [0, 0.1) is 17.2 Å². The second-order valence-corrected chi connectivity index (χ2v) is 9.56. The summed E-state index contributed by atoms with van der Waals surface area (Å²) in [5.74, 6) is 1.07. The molecule has 1 unspecified atom stereocenters. The van der Waals surface area contributed by atoms with Crippen LogP contribution in [0.25, 0.3) is 10.2 Å². The molecule has 0 radical (unpaired) electrons. The fraction of sp³-hybridized carbons (Fsp3) is 0.364. The number of thioether (sulfide) groups is 1. The largest absolute Gasteiger partial charge is 0.494 e. The van der Waals surface area contributed by atoms with Crippen molar-refractivity contribution < 1.29 is 9.53 Å². The van der Waals surface area contributed by atoms with Crippen LogP contribution in [0.15, 0.2) is 35.4 Å². The van der Waals surface area contributed by atoms with Gasteiger partial charge in [-0.3, -0.25) is 4.79 Å². The third-order valence-electron chi connectivity index (χ3n) is 4.21. The quantitative estimate of drug-likeness (QED) is 0.480. The summed E-state index contributed by atoms with van der Waals surface area (Å²) < 4.78 is 6.47. The first-order valence-corrected chi connectivity index (χ1v) is 11.5. The molecular weight excluding hydrogens is 416 g/mol. The van der Waals surface area contributed by atoms with Gasteiger partial charge in [-0.15, -0.1) is 0 Å². The van der Waals surface area contributed by atoms with E-state index in [0.29, 0.717) is 28.2 Å². The van der Waals surface area contributed by atoms with E-state index < -0.39 is 5.25 Å². The number of nitrogens with zero attached hydrogens (tertiary/aromatic N) is 3. The van der Waals surface area contributed by atoms with Crippen molar-refractivity contribution in [3.63, 3.8) is 0 Å². The van der Waals surface area contributed by atoms with E-state index in [1.54, 1.807) is 13.0 Å². The first-order chi connectivity index (χ1) is 14.4. The lowest BCUT2D eigenvalue weighted by atomic mass is 10.1. The van der Waals surface area contributed by atoms with Crippen LogP contribution in [-0.2, 0) is 11.2 Å². The fourth-order valence-corrected chi connectivity index (χ4v) is 4.64. The molecule has 0 fully saturated rings. The smallest absolute Gasteiger partial charge is 0.239 e. The number of nitrogens with one attached hydrogen (secondary N) is 1. The van der Waals surface area contributed by atoms with E-state index in [9.17, 15) is 10.1 Å². The fourth-order valence-electron chi connectivity index (χ4n) is 2.83. The minimum atomic E-state index is -0.426. The topological polar surface area (TPSA) is 87.9 Å². The van der Waals surface area contributed by atoms with Crippen LogP contribution >= 0.6 is 23.1 Å². The molecule has 8 heteroatoms. The van der Waals surface area contributed by atoms with Gasteiger partial charge in [0.25, 0.3) is 0 Å². The van der Waals surface area contributed by atoms with Gasteiger partial charge in [-0.2, -0.15) is 5.26 Å². The molecule has 0 saturated heterocycles. The van der Waals surface area contributed by atoms with Gasteiger partial charge in [0.05, 0.1) is 27.6 Å². The van der Waals surface area contributed by atoms with Gasteiger partial charge in [0.1, 0.15) is 16.8 Å². The molecule has 0 bridgehead atoms. The Kier molecular flexibility index (Phi) is 7.29. The minimum absolute atomic E-state index is 0.177. The molecule has 1 N–H and O–H groups in total. The number of rotatable bonds is 8. The third kappa shape index (κ3) is 5.49. The van der Waals surface area contributed by atoms with Crippen molar-refractivity contribution in [2.45, 2.75) is 44.4 Å². The Morgan fingerprint density at radius 1 is 1.27 bits per heavy atom. The van der Waals surface area contributed by atoms with Gasteiger partial charge < -0.3 is 10.1 Å². The average Bonchev–Trinajstić information content (AvgIpc) is 3.09. The first-order valence-electron chi connectivity index (χ1n) is 9.80. The van der Waals surface area contributed by atoms with Gasteiger partial charge in [0.2, 0.25) is 5.91 Å². The number of hydrogen-bond donors (Lipinski definition) is 1. The summed E-state index contributed by atoms with van der Waals surface area (Å²) >= 11 is 2.70. The summed E-state index contributed by atoms with van der Waals surface area (Å²) in [6.07, 6.45) is 0.829. The van der Waals surface area contributed by atoms with Crippen molar-refractivity contribution in [3.05, 3.63) is 41.6 Å². The van der Waals surface area contributed by atoms with Crippen LogP contribution in [-0.4, -0.2) is 27.7 Å². The highest BCUT2D eigenvalue weighted by molar-refractivity contribution is 8.00. The molecule has 6 nitrogen and oxygen atoms in total. The van der Waals surface area contributed by atoms with Crippen LogP contribution < -0.4 is 10.1 Å². The van der Waals surface area contributed by atoms with Crippen molar-refractivity contribution in [1.82, 2.24) is 9.97 Å². The second kappa shape index (κ2) is 9.92. The Labute approximate surface area is 184 Å². The Balaban J connectivity index is 1.72. The van der Waals surface area contributed by atoms with Crippen molar-refractivity contribution in [2.75, 3.05) is 11.9 Å². The zero-order chi connectivity index (χ0) is 21.7. The van der Waals surface area contributed by atoms with Crippen molar-refractivity contribution in [1.29, 1.82) is 5.26 Å². The molecule has 0 saturated carbocycles. The zero-order valence-electron chi connectivity index (χ0n) is 17.4. The number of carbonyl (C=O) groups is 1. The van der Waals surface area contributed by atoms with Crippen molar-refractivity contribution in [3.8, 4) is 11.8 Å². The normalized spacial score (nSPS) is 12.0. The lowest BCUT2D eigenvalue weighted by molar-refractivity contribution is -0.115. The predicted octanol–water partition coefficient (Wildman–Crippen LogP) is 5.28. The predicted molar refractivity (Wildman–Crippen MR) is 122 cm³/mol. The molecule has 2 aromatic heterocycles. The maximum Gasteiger partial charge on any atom is 0.239 e. The molecule has 1 atom stereocenters. The van der Waals surface area contributed by atoms with Crippen LogP contribution in [0.2, 0.25) is 0 Å². The number of amides is 1. The summed E-state index contributed by atoms with van der Waals surface area (Å²) in [5, 5.41) is 13.0.